The summed E-state index contributed by atoms with van der Waals surface area (Å²) in [5.41, 5.74) is 3.41. The van der Waals surface area contributed by atoms with E-state index in [1.165, 1.54) is 0 Å². The largest absolute Gasteiger partial charge is 0.497 e. The predicted octanol–water partition coefficient (Wildman–Crippen LogP) is 7.56. The third-order valence-electron chi connectivity index (χ3n) is 7.53. The van der Waals surface area contributed by atoms with E-state index in [0.717, 1.165) is 48.3 Å². The minimum atomic E-state index is -0.0266. The van der Waals surface area contributed by atoms with Gasteiger partial charge in [0.05, 0.1) is 20.2 Å². The van der Waals surface area contributed by atoms with Crippen molar-refractivity contribution in [2.45, 2.75) is 86.4 Å². The summed E-state index contributed by atoms with van der Waals surface area (Å²) in [5, 5.41) is 0. The number of carbonyl (C=O) groups is 2. The molecule has 6 heteroatoms. The molecule has 3 rings (SSSR count). The Hall–Kier alpha value is -3.54. The van der Waals surface area contributed by atoms with E-state index in [1.807, 2.05) is 64.4 Å². The summed E-state index contributed by atoms with van der Waals surface area (Å²) >= 11 is 0. The number of unbranched alkanes of at least 4 members (excludes halogenated alkanes) is 2. The van der Waals surface area contributed by atoms with Gasteiger partial charge in [-0.25, -0.2) is 0 Å². The van der Waals surface area contributed by atoms with Crippen LogP contribution in [0, 0.1) is 11.3 Å². The molecule has 0 saturated carbocycles. The summed E-state index contributed by atoms with van der Waals surface area (Å²) < 4.78 is 7.59. The van der Waals surface area contributed by atoms with E-state index in [-0.39, 0.29) is 29.7 Å². The van der Waals surface area contributed by atoms with Crippen LogP contribution in [0.15, 0.2) is 72.9 Å². The highest BCUT2D eigenvalue weighted by Gasteiger charge is 2.25. The number of carbonyl (C=O) groups excluding carboxylic acids is 2. The molecule has 0 spiro atoms. The summed E-state index contributed by atoms with van der Waals surface area (Å²) in [4.78, 5) is 31.2. The normalized spacial score (nSPS) is 12.1. The third-order valence-corrected chi connectivity index (χ3v) is 7.53. The van der Waals surface area contributed by atoms with Crippen LogP contribution in [0.5, 0.6) is 5.75 Å². The maximum absolute atomic E-state index is 14.0. The Kier molecular flexibility index (Phi) is 12.7. The highest BCUT2D eigenvalue weighted by atomic mass is 16.5. The molecule has 0 aliphatic rings. The SMILES string of the molecule is CCCCCN(CC(=O)N(Cc1ccccc1)Cc1cccn1Cc1cccc(OC)c1)C(=O)CC(C)CC(C)(C)C. The molecule has 1 aromatic heterocycles. The zero-order valence-corrected chi connectivity index (χ0v) is 26.6. The minimum absolute atomic E-state index is 0.0266. The number of benzene rings is 2. The Bertz CT molecular complexity index is 1250. The molecule has 1 unspecified atom stereocenters. The van der Waals surface area contributed by atoms with Crippen molar-refractivity contribution >= 4 is 11.8 Å². The molecule has 2 aromatic carbocycles. The number of rotatable bonds is 16. The number of hydrogen-bond acceptors (Lipinski definition) is 3. The van der Waals surface area contributed by atoms with Crippen molar-refractivity contribution < 1.29 is 14.3 Å². The fraction of sp³-hybridized carbons (Fsp3) is 0.500. The van der Waals surface area contributed by atoms with Crippen LogP contribution in [0.1, 0.15) is 83.5 Å². The van der Waals surface area contributed by atoms with Gasteiger partial charge in [0.1, 0.15) is 5.75 Å². The number of ether oxygens (including phenoxy) is 1. The van der Waals surface area contributed by atoms with E-state index in [9.17, 15) is 9.59 Å². The molecule has 0 aliphatic carbocycles. The smallest absolute Gasteiger partial charge is 0.242 e. The van der Waals surface area contributed by atoms with Crippen molar-refractivity contribution in [3.8, 4) is 5.75 Å². The van der Waals surface area contributed by atoms with Crippen molar-refractivity contribution in [1.29, 1.82) is 0 Å². The van der Waals surface area contributed by atoms with Crippen LogP contribution in [0.3, 0.4) is 0 Å². The van der Waals surface area contributed by atoms with Crippen molar-refractivity contribution in [2.75, 3.05) is 20.2 Å². The van der Waals surface area contributed by atoms with E-state index in [0.29, 0.717) is 32.6 Å². The first-order valence-electron chi connectivity index (χ1n) is 15.4. The highest BCUT2D eigenvalue weighted by molar-refractivity contribution is 5.85. The van der Waals surface area contributed by atoms with E-state index in [4.69, 9.17) is 4.74 Å². The van der Waals surface area contributed by atoms with Gasteiger partial charge in [-0.2, -0.15) is 0 Å². The Labute approximate surface area is 253 Å². The fourth-order valence-electron chi connectivity index (χ4n) is 5.60. The molecule has 0 bridgehead atoms. The number of nitrogens with zero attached hydrogens (tertiary/aromatic N) is 3. The molecule has 2 amide bonds. The first-order valence-corrected chi connectivity index (χ1v) is 15.4. The van der Waals surface area contributed by atoms with Gasteiger partial charge < -0.3 is 19.1 Å². The van der Waals surface area contributed by atoms with Crippen LogP contribution in [0.25, 0.3) is 0 Å². The van der Waals surface area contributed by atoms with Crippen LogP contribution in [0.2, 0.25) is 0 Å². The van der Waals surface area contributed by atoms with E-state index < -0.39 is 0 Å². The van der Waals surface area contributed by atoms with Gasteiger partial charge in [-0.3, -0.25) is 9.59 Å². The maximum atomic E-state index is 14.0. The molecule has 0 N–H and O–H groups in total. The third kappa shape index (κ3) is 11.0. The molecule has 1 atom stereocenters. The molecule has 0 radical (unpaired) electrons. The van der Waals surface area contributed by atoms with Gasteiger partial charge in [0, 0.05) is 37.9 Å². The molecular weight excluding hydrogens is 522 g/mol. The zero-order chi connectivity index (χ0) is 30.5. The highest BCUT2D eigenvalue weighted by Crippen LogP contribution is 2.26. The van der Waals surface area contributed by atoms with Crippen LogP contribution < -0.4 is 4.74 Å². The average molecular weight is 574 g/mol. The van der Waals surface area contributed by atoms with E-state index in [2.05, 4.69) is 57.5 Å². The number of methoxy groups -OCH3 is 1. The van der Waals surface area contributed by atoms with E-state index >= 15 is 0 Å². The van der Waals surface area contributed by atoms with Gasteiger partial charge in [0.25, 0.3) is 0 Å². The van der Waals surface area contributed by atoms with Gasteiger partial charge in [-0.15, -0.1) is 0 Å². The Morgan fingerprint density at radius 1 is 0.881 bits per heavy atom. The molecule has 42 heavy (non-hydrogen) atoms. The second-order valence-electron chi connectivity index (χ2n) is 12.8. The molecule has 6 nitrogen and oxygen atoms in total. The van der Waals surface area contributed by atoms with Crippen LogP contribution in [-0.2, 0) is 29.2 Å². The zero-order valence-electron chi connectivity index (χ0n) is 26.6. The summed E-state index contributed by atoms with van der Waals surface area (Å²) in [6.45, 7) is 13.3. The lowest BCUT2D eigenvalue weighted by Crippen LogP contribution is -2.43. The summed E-state index contributed by atoms with van der Waals surface area (Å²) in [6, 6.07) is 22.2. The predicted molar refractivity (Wildman–Crippen MR) is 171 cm³/mol. The molecule has 228 valence electrons. The van der Waals surface area contributed by atoms with Crippen molar-refractivity contribution in [3.05, 3.63) is 89.7 Å². The second-order valence-corrected chi connectivity index (χ2v) is 12.8. The number of amides is 2. The van der Waals surface area contributed by atoms with E-state index in [1.54, 1.807) is 7.11 Å². The van der Waals surface area contributed by atoms with Crippen LogP contribution in [0.4, 0.5) is 0 Å². The second kappa shape index (κ2) is 16.2. The number of aromatic nitrogens is 1. The van der Waals surface area contributed by atoms with Gasteiger partial charge in [0.2, 0.25) is 11.8 Å². The van der Waals surface area contributed by atoms with Gasteiger partial charge in [-0.1, -0.05) is 89.9 Å². The first kappa shape index (κ1) is 33.0. The molecule has 1 heterocycles. The van der Waals surface area contributed by atoms with Crippen molar-refractivity contribution in [3.63, 3.8) is 0 Å². The number of hydrogen-bond donors (Lipinski definition) is 0. The van der Waals surface area contributed by atoms with Gasteiger partial charge in [-0.05, 0) is 59.6 Å². The first-order chi connectivity index (χ1) is 20.1. The maximum Gasteiger partial charge on any atom is 0.242 e. The molecular formula is C36H51N3O3. The minimum Gasteiger partial charge on any atom is -0.497 e. The van der Waals surface area contributed by atoms with Crippen molar-refractivity contribution in [2.24, 2.45) is 11.3 Å². The topological polar surface area (TPSA) is 54.8 Å². The molecule has 0 saturated heterocycles. The lowest BCUT2D eigenvalue weighted by atomic mass is 9.84. The Balaban J connectivity index is 1.80. The summed E-state index contributed by atoms with van der Waals surface area (Å²) in [7, 11) is 1.68. The fourth-order valence-corrected chi connectivity index (χ4v) is 5.60. The van der Waals surface area contributed by atoms with Crippen LogP contribution >= 0.6 is 0 Å². The lowest BCUT2D eigenvalue weighted by molar-refractivity contribution is -0.142. The summed E-state index contributed by atoms with van der Waals surface area (Å²) in [6.07, 6.45) is 6.52. The average Bonchev–Trinajstić information content (AvgIpc) is 3.37. The molecule has 3 aromatic rings. The molecule has 0 aliphatic heterocycles. The molecule has 0 fully saturated rings. The lowest BCUT2D eigenvalue weighted by Gasteiger charge is -2.30. The Morgan fingerprint density at radius 2 is 1.62 bits per heavy atom. The van der Waals surface area contributed by atoms with Gasteiger partial charge in [0.15, 0.2) is 0 Å². The standard InChI is InChI=1S/C36H51N3O3/c1-7-8-12-20-38(34(40)22-29(2)24-36(3,4)5)28-35(41)39(25-30-15-10-9-11-16-30)27-32-18-14-21-37(32)26-31-17-13-19-33(23-31)42-6/h9-11,13-19,21,23,29H,7-8,12,20,22,24-28H2,1-6H3. The monoisotopic (exact) mass is 573 g/mol. The van der Waals surface area contributed by atoms with Crippen LogP contribution in [-0.4, -0.2) is 46.4 Å². The summed E-state index contributed by atoms with van der Waals surface area (Å²) in [5.74, 6) is 1.15. The quantitative estimate of drug-likeness (QED) is 0.166. The van der Waals surface area contributed by atoms with Gasteiger partial charge >= 0.3 is 0 Å². The Morgan fingerprint density at radius 3 is 2.31 bits per heavy atom. The van der Waals surface area contributed by atoms with Crippen molar-refractivity contribution in [1.82, 2.24) is 14.4 Å².